The molecule has 1 fully saturated rings. The molecule has 0 atom stereocenters. The molecule has 164 valence electrons. The zero-order valence-electron chi connectivity index (χ0n) is 16.9. The molecule has 0 saturated carbocycles. The predicted molar refractivity (Wildman–Crippen MR) is 105 cm³/mol. The Morgan fingerprint density at radius 3 is 2.63 bits per heavy atom. The Hall–Kier alpha value is -2.89. The van der Waals surface area contributed by atoms with Crippen molar-refractivity contribution in [1.29, 1.82) is 0 Å². The third-order valence-electron chi connectivity index (χ3n) is 4.58. The fraction of sp³-hybridized carbons (Fsp3) is 0.556. The molecule has 3 rings (SSSR count). The third-order valence-corrected chi connectivity index (χ3v) is 4.58. The van der Waals surface area contributed by atoms with E-state index in [1.54, 1.807) is 7.05 Å². The molecule has 9 nitrogen and oxygen atoms in total. The number of aryl methyl sites for hydroxylation is 1. The number of piperazine rings is 1. The molecule has 12 heteroatoms. The molecule has 0 bridgehead atoms. The molecule has 0 unspecified atom stereocenters. The Morgan fingerprint density at radius 1 is 1.23 bits per heavy atom. The monoisotopic (exact) mass is 426 g/mol. The van der Waals surface area contributed by atoms with Gasteiger partial charge in [0.25, 0.3) is 0 Å². The summed E-state index contributed by atoms with van der Waals surface area (Å²) in [5.74, 6) is 1.49. The Bertz CT molecular complexity index is 846. The lowest BCUT2D eigenvalue weighted by Crippen LogP contribution is -2.52. The topological polar surface area (TPSA) is 94.7 Å². The maximum Gasteiger partial charge on any atom is 0.433 e. The van der Waals surface area contributed by atoms with E-state index in [9.17, 15) is 13.2 Å². The van der Waals surface area contributed by atoms with Crippen LogP contribution in [0.5, 0.6) is 0 Å². The van der Waals surface area contributed by atoms with Crippen LogP contribution in [-0.2, 0) is 12.7 Å². The normalized spacial score (nSPS) is 16.0. The van der Waals surface area contributed by atoms with Crippen molar-refractivity contribution in [3.8, 4) is 0 Å². The SMILES string of the molecule is CN=C(NCCNc1nccc(C(F)(F)F)n1)N1CCN(Cc2cc(C)on2)CC1. The molecule has 3 heterocycles. The summed E-state index contributed by atoms with van der Waals surface area (Å²) >= 11 is 0. The fourth-order valence-electron chi connectivity index (χ4n) is 3.12. The number of anilines is 1. The standard InChI is InChI=1S/C18H25F3N8O/c1-13-11-14(27-30-13)12-28-7-9-29(10-8-28)17(22-2)25-6-5-24-16-23-4-3-15(26-16)18(19,20)21/h3-4,11H,5-10,12H2,1-2H3,(H,22,25)(H,23,24,26). The van der Waals surface area contributed by atoms with Gasteiger partial charge in [-0.2, -0.15) is 13.2 Å². The second-order valence-corrected chi connectivity index (χ2v) is 6.86. The predicted octanol–water partition coefficient (Wildman–Crippen LogP) is 1.60. The first-order valence-electron chi connectivity index (χ1n) is 9.59. The van der Waals surface area contributed by atoms with E-state index >= 15 is 0 Å². The van der Waals surface area contributed by atoms with Gasteiger partial charge >= 0.3 is 6.18 Å². The minimum absolute atomic E-state index is 0.0571. The molecule has 1 aliphatic heterocycles. The number of aliphatic imine (C=N–C) groups is 1. The van der Waals surface area contributed by atoms with Crippen molar-refractivity contribution in [2.24, 2.45) is 4.99 Å². The molecule has 0 radical (unpaired) electrons. The summed E-state index contributed by atoms with van der Waals surface area (Å²) in [6.45, 7) is 6.78. The number of rotatable bonds is 6. The van der Waals surface area contributed by atoms with Gasteiger partial charge in [-0.1, -0.05) is 5.16 Å². The van der Waals surface area contributed by atoms with Gasteiger partial charge in [-0.25, -0.2) is 9.97 Å². The van der Waals surface area contributed by atoms with Crippen molar-refractivity contribution in [3.05, 3.63) is 35.5 Å². The highest BCUT2D eigenvalue weighted by molar-refractivity contribution is 5.80. The zero-order valence-corrected chi connectivity index (χ0v) is 16.9. The maximum absolute atomic E-state index is 12.7. The molecule has 0 amide bonds. The Morgan fingerprint density at radius 2 is 2.00 bits per heavy atom. The third kappa shape index (κ3) is 6.05. The molecule has 0 aliphatic carbocycles. The summed E-state index contributed by atoms with van der Waals surface area (Å²) in [6.07, 6.45) is -3.40. The maximum atomic E-state index is 12.7. The lowest BCUT2D eigenvalue weighted by Gasteiger charge is -2.36. The largest absolute Gasteiger partial charge is 0.433 e. The number of hydrogen-bond donors (Lipinski definition) is 2. The van der Waals surface area contributed by atoms with Gasteiger partial charge in [-0.15, -0.1) is 0 Å². The number of nitrogens with zero attached hydrogens (tertiary/aromatic N) is 6. The van der Waals surface area contributed by atoms with Gasteiger partial charge in [0.05, 0.1) is 5.69 Å². The van der Waals surface area contributed by atoms with Crippen molar-refractivity contribution in [3.63, 3.8) is 0 Å². The van der Waals surface area contributed by atoms with E-state index in [1.165, 1.54) is 0 Å². The molecule has 1 aliphatic rings. The van der Waals surface area contributed by atoms with Gasteiger partial charge in [0.1, 0.15) is 11.5 Å². The average molecular weight is 426 g/mol. The van der Waals surface area contributed by atoms with E-state index in [4.69, 9.17) is 4.52 Å². The molecule has 0 spiro atoms. The molecule has 2 N–H and O–H groups in total. The van der Waals surface area contributed by atoms with Gasteiger partial charge in [0.15, 0.2) is 5.96 Å². The van der Waals surface area contributed by atoms with E-state index in [0.717, 1.165) is 62.4 Å². The smallest absolute Gasteiger partial charge is 0.361 e. The Balaban J connectivity index is 1.40. The molecular formula is C18H25F3N8O. The number of halogens is 3. The second kappa shape index (κ2) is 9.74. The van der Waals surface area contributed by atoms with Crippen LogP contribution in [-0.4, -0.2) is 77.2 Å². The summed E-state index contributed by atoms with van der Waals surface area (Å²) in [6, 6.07) is 2.78. The molecule has 2 aromatic heterocycles. The average Bonchev–Trinajstić information content (AvgIpc) is 3.13. The van der Waals surface area contributed by atoms with Crippen LogP contribution in [0.3, 0.4) is 0 Å². The van der Waals surface area contributed by atoms with E-state index in [-0.39, 0.29) is 5.95 Å². The summed E-state index contributed by atoms with van der Waals surface area (Å²) < 4.78 is 43.2. The van der Waals surface area contributed by atoms with Crippen molar-refractivity contribution in [2.45, 2.75) is 19.6 Å². The second-order valence-electron chi connectivity index (χ2n) is 6.86. The van der Waals surface area contributed by atoms with Gasteiger partial charge in [-0.05, 0) is 13.0 Å². The molecule has 30 heavy (non-hydrogen) atoms. The highest BCUT2D eigenvalue weighted by Crippen LogP contribution is 2.27. The Kier molecular flexibility index (Phi) is 7.08. The summed E-state index contributed by atoms with van der Waals surface area (Å²) in [5, 5.41) is 10.0. The summed E-state index contributed by atoms with van der Waals surface area (Å²) in [4.78, 5) is 16.0. The number of aromatic nitrogens is 3. The van der Waals surface area contributed by atoms with E-state index in [1.807, 2.05) is 13.0 Å². The first-order valence-corrected chi connectivity index (χ1v) is 9.59. The van der Waals surface area contributed by atoms with Gasteiger partial charge < -0.3 is 20.1 Å². The zero-order chi connectivity index (χ0) is 21.6. The number of alkyl halides is 3. The van der Waals surface area contributed by atoms with Crippen LogP contribution >= 0.6 is 0 Å². The van der Waals surface area contributed by atoms with Crippen LogP contribution in [0.15, 0.2) is 27.8 Å². The minimum Gasteiger partial charge on any atom is -0.361 e. The van der Waals surface area contributed by atoms with E-state index in [0.29, 0.717) is 13.1 Å². The van der Waals surface area contributed by atoms with Crippen LogP contribution in [0.4, 0.5) is 19.1 Å². The summed E-state index contributed by atoms with van der Waals surface area (Å²) in [7, 11) is 1.70. The first-order chi connectivity index (χ1) is 14.3. The van der Waals surface area contributed by atoms with Crippen molar-refractivity contribution in [2.75, 3.05) is 51.6 Å². The van der Waals surface area contributed by atoms with Crippen molar-refractivity contribution in [1.82, 2.24) is 30.2 Å². The van der Waals surface area contributed by atoms with Gasteiger partial charge in [0, 0.05) is 65.1 Å². The Labute approximate surface area is 172 Å². The molecular weight excluding hydrogens is 401 g/mol. The number of nitrogens with one attached hydrogen (secondary N) is 2. The minimum atomic E-state index is -4.49. The van der Waals surface area contributed by atoms with E-state index < -0.39 is 11.9 Å². The highest BCUT2D eigenvalue weighted by atomic mass is 19.4. The molecule has 1 saturated heterocycles. The van der Waals surface area contributed by atoms with Crippen LogP contribution in [0.1, 0.15) is 17.1 Å². The fourth-order valence-corrected chi connectivity index (χ4v) is 3.12. The molecule has 2 aromatic rings. The quantitative estimate of drug-likeness (QED) is 0.409. The number of hydrogen-bond acceptors (Lipinski definition) is 7. The van der Waals surface area contributed by atoms with Crippen molar-refractivity contribution >= 4 is 11.9 Å². The molecule has 0 aromatic carbocycles. The van der Waals surface area contributed by atoms with Crippen molar-refractivity contribution < 1.29 is 17.7 Å². The van der Waals surface area contributed by atoms with E-state index in [2.05, 4.69) is 40.6 Å². The van der Waals surface area contributed by atoms with Crippen LogP contribution in [0.25, 0.3) is 0 Å². The lowest BCUT2D eigenvalue weighted by atomic mass is 10.3. The van der Waals surface area contributed by atoms with Crippen LogP contribution in [0, 0.1) is 6.92 Å². The van der Waals surface area contributed by atoms with Crippen LogP contribution < -0.4 is 10.6 Å². The highest BCUT2D eigenvalue weighted by Gasteiger charge is 2.32. The van der Waals surface area contributed by atoms with Gasteiger partial charge in [0.2, 0.25) is 5.95 Å². The van der Waals surface area contributed by atoms with Crippen LogP contribution in [0.2, 0.25) is 0 Å². The van der Waals surface area contributed by atoms with Gasteiger partial charge in [-0.3, -0.25) is 9.89 Å². The lowest BCUT2D eigenvalue weighted by molar-refractivity contribution is -0.141. The first kappa shape index (κ1) is 21.8. The number of guanidine groups is 1. The summed E-state index contributed by atoms with van der Waals surface area (Å²) in [5.41, 5.74) is -0.0474.